The zero-order valence-corrected chi connectivity index (χ0v) is 15.0. The fraction of sp³-hybridized carbons (Fsp3) is 0.143. The Labute approximate surface area is 156 Å². The Hall–Kier alpha value is -3.08. The van der Waals surface area contributed by atoms with E-state index in [1.165, 1.54) is 17.7 Å². The van der Waals surface area contributed by atoms with Gasteiger partial charge in [-0.25, -0.2) is 9.37 Å². The first-order valence-electron chi connectivity index (χ1n) is 8.06. The van der Waals surface area contributed by atoms with Gasteiger partial charge in [-0.3, -0.25) is 0 Å². The summed E-state index contributed by atoms with van der Waals surface area (Å²) in [6, 6.07) is 14.3. The summed E-state index contributed by atoms with van der Waals surface area (Å²) in [4.78, 5) is 7.03. The lowest BCUT2D eigenvalue weighted by Gasteiger charge is -2.03. The first-order chi connectivity index (χ1) is 12.5. The molecule has 0 amide bonds. The van der Waals surface area contributed by atoms with E-state index < -0.39 is 5.82 Å². The summed E-state index contributed by atoms with van der Waals surface area (Å²) in [6.07, 6.45) is 0. The van der Waals surface area contributed by atoms with Crippen molar-refractivity contribution in [2.75, 3.05) is 0 Å². The minimum atomic E-state index is -0.514. The molecule has 1 heterocycles. The number of hydrogen-bond donors (Lipinski definition) is 1. The Kier molecular flexibility index (Phi) is 5.07. The molecular formula is C21H15ClFN3. The van der Waals surface area contributed by atoms with E-state index in [4.69, 9.17) is 11.6 Å². The molecule has 3 rings (SSSR count). The van der Waals surface area contributed by atoms with Crippen LogP contribution < -0.4 is 0 Å². The maximum atomic E-state index is 14.1. The molecule has 5 heteroatoms. The van der Waals surface area contributed by atoms with Crippen LogP contribution in [0.2, 0.25) is 5.02 Å². The number of hydrogen-bond acceptors (Lipinski definition) is 2. The van der Waals surface area contributed by atoms with Crippen molar-refractivity contribution in [3.63, 3.8) is 0 Å². The molecule has 1 aromatic heterocycles. The number of nitriles is 1. The van der Waals surface area contributed by atoms with Crippen molar-refractivity contribution < 1.29 is 4.39 Å². The lowest BCUT2D eigenvalue weighted by Crippen LogP contribution is -1.88. The fourth-order valence-corrected chi connectivity index (χ4v) is 2.73. The average Bonchev–Trinajstić information content (AvgIpc) is 3.03. The molecule has 26 heavy (non-hydrogen) atoms. The molecule has 0 aliphatic carbocycles. The van der Waals surface area contributed by atoms with Crippen molar-refractivity contribution in [2.45, 2.75) is 19.8 Å². The number of nitrogens with zero attached hydrogens (tertiary/aromatic N) is 2. The Balaban J connectivity index is 1.98. The van der Waals surface area contributed by atoms with Crippen LogP contribution in [0.15, 0.2) is 42.5 Å². The average molecular weight is 364 g/mol. The highest BCUT2D eigenvalue weighted by Gasteiger charge is 2.16. The Morgan fingerprint density at radius 2 is 1.85 bits per heavy atom. The van der Waals surface area contributed by atoms with E-state index in [9.17, 15) is 9.65 Å². The number of H-pyrrole nitrogens is 1. The number of rotatable bonds is 2. The number of nitrogens with one attached hydrogen (secondary N) is 1. The second-order valence-electron chi connectivity index (χ2n) is 6.04. The predicted molar refractivity (Wildman–Crippen MR) is 100 cm³/mol. The number of halogens is 2. The van der Waals surface area contributed by atoms with Gasteiger partial charge in [-0.05, 0) is 41.7 Å². The van der Waals surface area contributed by atoms with Gasteiger partial charge in [-0.2, -0.15) is 5.26 Å². The molecule has 0 atom stereocenters. The third-order valence-electron chi connectivity index (χ3n) is 3.92. The SMILES string of the molecule is CC(C)c1ccc(C#Cc2[nH]c(-c3c(F)cccc3Cl)nc2C#N)cc1. The second-order valence-corrected chi connectivity index (χ2v) is 6.45. The number of benzene rings is 2. The van der Waals surface area contributed by atoms with Crippen molar-refractivity contribution in [3.05, 3.63) is 75.8 Å². The van der Waals surface area contributed by atoms with Crippen molar-refractivity contribution >= 4 is 11.6 Å². The number of aromatic amines is 1. The van der Waals surface area contributed by atoms with Gasteiger partial charge in [0.2, 0.25) is 0 Å². The number of aromatic nitrogens is 2. The van der Waals surface area contributed by atoms with Gasteiger partial charge in [0.05, 0.1) is 10.6 Å². The van der Waals surface area contributed by atoms with Crippen molar-refractivity contribution in [1.29, 1.82) is 5.26 Å². The standard InChI is InChI=1S/C21H15ClFN3/c1-13(2)15-9-6-14(7-10-15)8-11-18-19(12-24)26-21(25-18)20-16(22)4-3-5-17(20)23/h3-7,9-10,13H,1-2H3,(H,25,26). The highest BCUT2D eigenvalue weighted by Crippen LogP contribution is 2.29. The van der Waals surface area contributed by atoms with Gasteiger partial charge in [0, 0.05) is 5.56 Å². The maximum Gasteiger partial charge on any atom is 0.175 e. The van der Waals surface area contributed by atoms with Crippen LogP contribution >= 0.6 is 11.6 Å². The molecule has 0 spiro atoms. The molecule has 0 unspecified atom stereocenters. The first kappa shape index (κ1) is 17.7. The summed E-state index contributed by atoms with van der Waals surface area (Å²) in [6.45, 7) is 4.25. The summed E-state index contributed by atoms with van der Waals surface area (Å²) >= 11 is 6.06. The van der Waals surface area contributed by atoms with E-state index in [0.29, 0.717) is 11.6 Å². The highest BCUT2D eigenvalue weighted by molar-refractivity contribution is 6.33. The van der Waals surface area contributed by atoms with E-state index in [1.54, 1.807) is 6.07 Å². The summed E-state index contributed by atoms with van der Waals surface area (Å²) in [5.41, 5.74) is 2.60. The maximum absolute atomic E-state index is 14.1. The topological polar surface area (TPSA) is 52.5 Å². The van der Waals surface area contributed by atoms with Crippen LogP contribution in [-0.4, -0.2) is 9.97 Å². The van der Waals surface area contributed by atoms with Gasteiger partial charge in [-0.15, -0.1) is 0 Å². The van der Waals surface area contributed by atoms with E-state index in [-0.39, 0.29) is 22.1 Å². The Morgan fingerprint density at radius 3 is 2.46 bits per heavy atom. The third kappa shape index (κ3) is 3.61. The Bertz CT molecular complexity index is 1030. The molecule has 3 nitrogen and oxygen atoms in total. The van der Waals surface area contributed by atoms with E-state index in [2.05, 4.69) is 35.7 Å². The molecular weight excluding hydrogens is 349 g/mol. The minimum Gasteiger partial charge on any atom is -0.330 e. The fourth-order valence-electron chi connectivity index (χ4n) is 2.47. The van der Waals surface area contributed by atoms with Crippen LogP contribution in [0.4, 0.5) is 4.39 Å². The molecule has 0 bridgehead atoms. The van der Waals surface area contributed by atoms with Gasteiger partial charge in [-0.1, -0.05) is 49.6 Å². The second kappa shape index (κ2) is 7.44. The molecule has 0 saturated carbocycles. The quantitative estimate of drug-likeness (QED) is 0.631. The largest absolute Gasteiger partial charge is 0.330 e. The van der Waals surface area contributed by atoms with Crippen molar-refractivity contribution in [2.24, 2.45) is 0 Å². The zero-order valence-electron chi connectivity index (χ0n) is 14.3. The van der Waals surface area contributed by atoms with E-state index >= 15 is 0 Å². The predicted octanol–water partition coefficient (Wildman–Crippen LogP) is 5.26. The van der Waals surface area contributed by atoms with Crippen molar-refractivity contribution in [1.82, 2.24) is 9.97 Å². The minimum absolute atomic E-state index is 0.102. The lowest BCUT2D eigenvalue weighted by molar-refractivity contribution is 0.630. The van der Waals surface area contributed by atoms with Crippen LogP contribution in [0.1, 0.15) is 42.3 Å². The van der Waals surface area contributed by atoms with Crippen molar-refractivity contribution in [3.8, 4) is 29.3 Å². The monoisotopic (exact) mass is 363 g/mol. The number of imidazole rings is 1. The molecule has 0 saturated heterocycles. The van der Waals surface area contributed by atoms with Gasteiger partial charge in [0.15, 0.2) is 5.69 Å². The van der Waals surface area contributed by atoms with Crippen LogP contribution in [0.5, 0.6) is 0 Å². The summed E-state index contributed by atoms with van der Waals surface area (Å²) in [5.74, 6) is 6.02. The summed E-state index contributed by atoms with van der Waals surface area (Å²) in [5, 5.41) is 9.50. The molecule has 128 valence electrons. The van der Waals surface area contributed by atoms with Gasteiger partial charge in [0.25, 0.3) is 0 Å². The van der Waals surface area contributed by atoms with Gasteiger partial charge < -0.3 is 4.98 Å². The van der Waals surface area contributed by atoms with Crippen LogP contribution in [0.3, 0.4) is 0 Å². The third-order valence-corrected chi connectivity index (χ3v) is 4.23. The van der Waals surface area contributed by atoms with E-state index in [0.717, 1.165) is 5.56 Å². The summed E-state index contributed by atoms with van der Waals surface area (Å²) < 4.78 is 14.1. The van der Waals surface area contributed by atoms with Crippen LogP contribution in [0, 0.1) is 29.0 Å². The molecule has 0 aliphatic heterocycles. The molecule has 2 aromatic carbocycles. The zero-order chi connectivity index (χ0) is 18.7. The van der Waals surface area contributed by atoms with Gasteiger partial charge >= 0.3 is 0 Å². The molecule has 0 radical (unpaired) electrons. The molecule has 1 N–H and O–H groups in total. The molecule has 3 aromatic rings. The Morgan fingerprint density at radius 1 is 1.12 bits per heavy atom. The molecule has 0 fully saturated rings. The highest BCUT2D eigenvalue weighted by atomic mass is 35.5. The van der Waals surface area contributed by atoms with Crippen LogP contribution in [-0.2, 0) is 0 Å². The van der Waals surface area contributed by atoms with E-state index in [1.807, 2.05) is 30.3 Å². The first-order valence-corrected chi connectivity index (χ1v) is 8.44. The smallest absolute Gasteiger partial charge is 0.175 e. The normalized spacial score (nSPS) is 10.3. The lowest BCUT2D eigenvalue weighted by atomic mass is 10.0. The summed E-state index contributed by atoms with van der Waals surface area (Å²) in [7, 11) is 0. The van der Waals surface area contributed by atoms with Gasteiger partial charge in [0.1, 0.15) is 23.4 Å². The van der Waals surface area contributed by atoms with Crippen LogP contribution in [0.25, 0.3) is 11.4 Å². The molecule has 0 aliphatic rings.